The maximum absolute atomic E-state index is 12.2. The first-order valence-electron chi connectivity index (χ1n) is 10.5. The van der Waals surface area contributed by atoms with Crippen molar-refractivity contribution < 1.29 is 9.59 Å². The topological polar surface area (TPSA) is 76.9 Å². The van der Waals surface area contributed by atoms with E-state index in [4.69, 9.17) is 0 Å². The first-order valence-corrected chi connectivity index (χ1v) is 10.5. The number of carbonyl (C=O) groups is 2. The van der Waals surface area contributed by atoms with Crippen LogP contribution >= 0.6 is 0 Å². The molecular formula is C24H26N4O2. The van der Waals surface area contributed by atoms with Gasteiger partial charge in [-0.1, -0.05) is 53.7 Å². The molecule has 1 heterocycles. The lowest BCUT2D eigenvalue weighted by Crippen LogP contribution is -2.29. The lowest BCUT2D eigenvalue weighted by atomic mass is 10.0. The Balaban J connectivity index is 1.52. The number of nitrogens with one attached hydrogen (secondary N) is 1. The zero-order valence-electron chi connectivity index (χ0n) is 17.3. The monoisotopic (exact) mass is 402 g/mol. The molecule has 1 aliphatic rings. The molecule has 0 saturated heterocycles. The van der Waals surface area contributed by atoms with Crippen molar-refractivity contribution in [1.29, 1.82) is 0 Å². The Hall–Kier alpha value is -3.28. The van der Waals surface area contributed by atoms with Gasteiger partial charge in [-0.3, -0.25) is 9.59 Å². The molecule has 0 bridgehead atoms. The van der Waals surface area contributed by atoms with Crippen molar-refractivity contribution in [3.63, 3.8) is 0 Å². The summed E-state index contributed by atoms with van der Waals surface area (Å²) in [7, 11) is 0. The van der Waals surface area contributed by atoms with E-state index >= 15 is 0 Å². The van der Waals surface area contributed by atoms with Gasteiger partial charge in [0.1, 0.15) is 0 Å². The Bertz CT molecular complexity index is 1040. The van der Waals surface area contributed by atoms with Crippen molar-refractivity contribution >= 4 is 11.7 Å². The fourth-order valence-electron chi connectivity index (χ4n) is 4.19. The molecular weight excluding hydrogens is 376 g/mol. The normalized spacial score (nSPS) is 18.3. The second kappa shape index (κ2) is 8.61. The van der Waals surface area contributed by atoms with Crippen molar-refractivity contribution in [2.45, 2.75) is 39.2 Å². The van der Waals surface area contributed by atoms with Crippen LogP contribution in [0.5, 0.6) is 0 Å². The molecule has 1 saturated carbocycles. The third kappa shape index (κ3) is 4.03. The predicted octanol–water partition coefficient (Wildman–Crippen LogP) is 4.29. The molecule has 6 heteroatoms. The smallest absolute Gasteiger partial charge is 0.223 e. The molecule has 0 radical (unpaired) electrons. The van der Waals surface area contributed by atoms with E-state index < -0.39 is 0 Å². The summed E-state index contributed by atoms with van der Waals surface area (Å²) in [5.41, 5.74) is 4.89. The van der Waals surface area contributed by atoms with Gasteiger partial charge < -0.3 is 5.32 Å². The molecule has 1 amide bonds. The summed E-state index contributed by atoms with van der Waals surface area (Å²) in [5, 5.41) is 11.4. The van der Waals surface area contributed by atoms with Crippen LogP contribution in [0.1, 0.15) is 49.5 Å². The van der Waals surface area contributed by atoms with Gasteiger partial charge in [0.25, 0.3) is 0 Å². The molecule has 1 aromatic heterocycles. The minimum atomic E-state index is 0.0485. The Morgan fingerprint density at radius 2 is 1.63 bits per heavy atom. The zero-order valence-corrected chi connectivity index (χ0v) is 17.3. The van der Waals surface area contributed by atoms with E-state index in [-0.39, 0.29) is 23.7 Å². The third-order valence-electron chi connectivity index (χ3n) is 5.85. The molecule has 30 heavy (non-hydrogen) atoms. The summed E-state index contributed by atoms with van der Waals surface area (Å²) < 4.78 is 1.97. The third-order valence-corrected chi connectivity index (χ3v) is 5.85. The minimum Gasteiger partial charge on any atom is -0.356 e. The van der Waals surface area contributed by atoms with E-state index in [0.717, 1.165) is 41.6 Å². The molecule has 2 aromatic carbocycles. The summed E-state index contributed by atoms with van der Waals surface area (Å²) >= 11 is 0. The van der Waals surface area contributed by atoms with Crippen LogP contribution in [-0.2, 0) is 4.79 Å². The zero-order chi connectivity index (χ0) is 21.1. The van der Waals surface area contributed by atoms with Gasteiger partial charge in [-0.15, -0.1) is 5.10 Å². The molecule has 0 aliphatic heterocycles. The molecule has 2 atom stereocenters. The molecule has 0 spiro atoms. The minimum absolute atomic E-state index is 0.0485. The Labute approximate surface area is 176 Å². The molecule has 1 aliphatic carbocycles. The highest BCUT2D eigenvalue weighted by Crippen LogP contribution is 2.37. The number of Topliss-reactive ketones (excluding diaryl/α,β-unsaturated/α-hetero) is 1. The second-order valence-corrected chi connectivity index (χ2v) is 7.83. The Kier molecular flexibility index (Phi) is 5.74. The lowest BCUT2D eigenvalue weighted by Gasteiger charge is -2.14. The van der Waals surface area contributed by atoms with Crippen molar-refractivity contribution in [2.24, 2.45) is 5.92 Å². The van der Waals surface area contributed by atoms with Crippen LogP contribution in [0.3, 0.4) is 0 Å². The van der Waals surface area contributed by atoms with Crippen molar-refractivity contribution in [3.05, 3.63) is 60.3 Å². The van der Waals surface area contributed by atoms with Crippen molar-refractivity contribution in [1.82, 2.24) is 20.3 Å². The number of aromatic nitrogens is 3. The lowest BCUT2D eigenvalue weighted by molar-refractivity contribution is -0.124. The van der Waals surface area contributed by atoms with Gasteiger partial charge in [0.05, 0.1) is 17.9 Å². The maximum Gasteiger partial charge on any atom is 0.223 e. The number of hydrogen-bond acceptors (Lipinski definition) is 4. The van der Waals surface area contributed by atoms with Gasteiger partial charge in [0, 0.05) is 23.6 Å². The standard InChI is InChI=1S/C24H26N4O2/c1-3-25-24(30)21-12-13-22(14-21)28-23(15-26-27-28)20-10-8-19(9-11-20)18-6-4-17(5-7-18)16(2)29/h4-11,15,21-22H,3,12-14H2,1-2H3,(H,25,30). The van der Waals surface area contributed by atoms with Crippen molar-refractivity contribution in [2.75, 3.05) is 6.54 Å². The van der Waals surface area contributed by atoms with E-state index in [2.05, 4.69) is 39.9 Å². The first kappa shape index (κ1) is 20.0. The van der Waals surface area contributed by atoms with Crippen LogP contribution in [0.15, 0.2) is 54.7 Å². The molecule has 1 N–H and O–H groups in total. The van der Waals surface area contributed by atoms with Gasteiger partial charge in [-0.25, -0.2) is 4.68 Å². The molecule has 4 rings (SSSR count). The summed E-state index contributed by atoms with van der Waals surface area (Å²) in [6.45, 7) is 4.18. The number of benzene rings is 2. The molecule has 1 fully saturated rings. The SMILES string of the molecule is CCNC(=O)C1CCC(n2nncc2-c2ccc(-c3ccc(C(C)=O)cc3)cc2)C1. The number of ketones is 1. The van der Waals surface area contributed by atoms with Crippen LogP contribution in [0.2, 0.25) is 0 Å². The second-order valence-electron chi connectivity index (χ2n) is 7.83. The van der Waals surface area contributed by atoms with E-state index in [0.29, 0.717) is 12.1 Å². The summed E-state index contributed by atoms with van der Waals surface area (Å²) in [4.78, 5) is 23.6. The average Bonchev–Trinajstić information content (AvgIpc) is 3.44. The molecule has 3 aromatic rings. The first-order chi connectivity index (χ1) is 14.6. The summed E-state index contributed by atoms with van der Waals surface area (Å²) in [6.07, 6.45) is 4.39. The molecule has 2 unspecified atom stereocenters. The number of amides is 1. The fraction of sp³-hybridized carbons (Fsp3) is 0.333. The van der Waals surface area contributed by atoms with Gasteiger partial charge in [0.2, 0.25) is 5.91 Å². The van der Waals surface area contributed by atoms with Crippen LogP contribution in [-0.4, -0.2) is 33.2 Å². The number of rotatable bonds is 6. The predicted molar refractivity (Wildman–Crippen MR) is 116 cm³/mol. The average molecular weight is 402 g/mol. The molecule has 154 valence electrons. The van der Waals surface area contributed by atoms with Crippen LogP contribution in [0.4, 0.5) is 0 Å². The summed E-state index contributed by atoms with van der Waals surface area (Å²) in [5.74, 6) is 0.258. The van der Waals surface area contributed by atoms with E-state index in [1.165, 1.54) is 0 Å². The maximum atomic E-state index is 12.2. The fourth-order valence-corrected chi connectivity index (χ4v) is 4.19. The van der Waals surface area contributed by atoms with Crippen molar-refractivity contribution in [3.8, 4) is 22.4 Å². The van der Waals surface area contributed by atoms with E-state index in [1.54, 1.807) is 13.1 Å². The van der Waals surface area contributed by atoms with Gasteiger partial charge in [-0.05, 0) is 44.2 Å². The highest BCUT2D eigenvalue weighted by Gasteiger charge is 2.32. The van der Waals surface area contributed by atoms with E-state index in [1.807, 2.05) is 35.9 Å². The largest absolute Gasteiger partial charge is 0.356 e. The molecule has 6 nitrogen and oxygen atoms in total. The van der Waals surface area contributed by atoms with Gasteiger partial charge in [0.15, 0.2) is 5.78 Å². The Morgan fingerprint density at radius 3 is 2.27 bits per heavy atom. The Morgan fingerprint density at radius 1 is 1.00 bits per heavy atom. The highest BCUT2D eigenvalue weighted by molar-refractivity contribution is 5.94. The number of nitrogens with zero attached hydrogens (tertiary/aromatic N) is 3. The highest BCUT2D eigenvalue weighted by atomic mass is 16.1. The number of hydrogen-bond donors (Lipinski definition) is 1. The summed E-state index contributed by atoms with van der Waals surface area (Å²) in [6, 6.07) is 16.1. The van der Waals surface area contributed by atoms with Crippen LogP contribution in [0.25, 0.3) is 22.4 Å². The van der Waals surface area contributed by atoms with Gasteiger partial charge in [-0.2, -0.15) is 0 Å². The van der Waals surface area contributed by atoms with Crippen LogP contribution < -0.4 is 5.32 Å². The van der Waals surface area contributed by atoms with E-state index in [9.17, 15) is 9.59 Å². The van der Waals surface area contributed by atoms with Crippen LogP contribution in [0, 0.1) is 5.92 Å². The quantitative estimate of drug-likeness (QED) is 0.624. The van der Waals surface area contributed by atoms with Gasteiger partial charge >= 0.3 is 0 Å². The number of carbonyl (C=O) groups excluding carboxylic acids is 2.